The molecule has 154 valence electrons. The van der Waals surface area contributed by atoms with Crippen molar-refractivity contribution in [2.24, 2.45) is 0 Å². The van der Waals surface area contributed by atoms with Gasteiger partial charge in [-0.15, -0.1) is 0 Å². The zero-order chi connectivity index (χ0) is 21.6. The van der Waals surface area contributed by atoms with Crippen LogP contribution >= 0.6 is 0 Å². The summed E-state index contributed by atoms with van der Waals surface area (Å²) in [6.45, 7) is 1.89. The maximum Gasteiger partial charge on any atom is 0.255 e. The number of aromatic nitrogens is 3. The van der Waals surface area contributed by atoms with Crippen LogP contribution in [0.25, 0.3) is 11.3 Å². The first-order chi connectivity index (χ1) is 15.1. The Morgan fingerprint density at radius 3 is 2.58 bits per heavy atom. The molecular formula is C24H21N5O2. The first kappa shape index (κ1) is 20.2. The van der Waals surface area contributed by atoms with E-state index in [2.05, 4.69) is 25.6 Å². The van der Waals surface area contributed by atoms with Crippen molar-refractivity contribution in [3.8, 4) is 11.3 Å². The van der Waals surface area contributed by atoms with Crippen LogP contribution in [0, 0.1) is 6.92 Å². The molecule has 0 spiro atoms. The average molecular weight is 411 g/mol. The second kappa shape index (κ2) is 9.15. The fraction of sp³-hybridized carbons (Fsp3) is 0.0833. The Balaban J connectivity index is 1.47. The number of benzene rings is 2. The van der Waals surface area contributed by atoms with Gasteiger partial charge in [0.1, 0.15) is 0 Å². The van der Waals surface area contributed by atoms with E-state index in [0.29, 0.717) is 17.2 Å². The molecule has 4 rings (SSSR count). The van der Waals surface area contributed by atoms with E-state index in [1.165, 1.54) is 0 Å². The van der Waals surface area contributed by atoms with E-state index in [1.807, 2.05) is 43.3 Å². The lowest BCUT2D eigenvalue weighted by Crippen LogP contribution is -2.12. The molecule has 0 saturated carbocycles. The number of aliphatic hydroxyl groups excluding tert-OH is 1. The maximum absolute atomic E-state index is 12.5. The van der Waals surface area contributed by atoms with Gasteiger partial charge in [0.2, 0.25) is 5.95 Å². The predicted octanol–water partition coefficient (Wildman–Crippen LogP) is 4.34. The van der Waals surface area contributed by atoms with Gasteiger partial charge >= 0.3 is 0 Å². The zero-order valence-corrected chi connectivity index (χ0v) is 16.9. The molecule has 7 nitrogen and oxygen atoms in total. The second-order valence-electron chi connectivity index (χ2n) is 6.97. The Bertz CT molecular complexity index is 1190. The highest BCUT2D eigenvalue weighted by Gasteiger charge is 2.09. The number of aliphatic hydroxyl groups is 1. The van der Waals surface area contributed by atoms with Crippen LogP contribution in [-0.2, 0) is 6.61 Å². The van der Waals surface area contributed by atoms with Crippen molar-refractivity contribution in [1.29, 1.82) is 0 Å². The van der Waals surface area contributed by atoms with Crippen molar-refractivity contribution >= 4 is 23.2 Å². The molecule has 31 heavy (non-hydrogen) atoms. The van der Waals surface area contributed by atoms with E-state index in [1.54, 1.807) is 42.9 Å². The minimum absolute atomic E-state index is 0.0512. The lowest BCUT2D eigenvalue weighted by atomic mass is 10.1. The van der Waals surface area contributed by atoms with Crippen LogP contribution in [-0.4, -0.2) is 26.0 Å². The first-order valence-corrected chi connectivity index (χ1v) is 9.74. The minimum Gasteiger partial charge on any atom is -0.392 e. The van der Waals surface area contributed by atoms with Crippen molar-refractivity contribution < 1.29 is 9.90 Å². The summed E-state index contributed by atoms with van der Waals surface area (Å²) < 4.78 is 0. The highest BCUT2D eigenvalue weighted by atomic mass is 16.3. The SMILES string of the molecule is Cc1cc(NC(=O)c2ccc(CO)cc2)ccc1Nc1nccc(-c2cccnc2)n1. The lowest BCUT2D eigenvalue weighted by Gasteiger charge is -2.12. The molecule has 2 aromatic heterocycles. The van der Waals surface area contributed by atoms with E-state index in [0.717, 1.165) is 28.1 Å². The van der Waals surface area contributed by atoms with Gasteiger partial charge in [-0.05, 0) is 66.6 Å². The van der Waals surface area contributed by atoms with Crippen LogP contribution in [0.1, 0.15) is 21.5 Å². The quantitative estimate of drug-likeness (QED) is 0.437. The predicted molar refractivity (Wildman–Crippen MR) is 120 cm³/mol. The van der Waals surface area contributed by atoms with Crippen molar-refractivity contribution in [1.82, 2.24) is 15.0 Å². The van der Waals surface area contributed by atoms with Gasteiger partial charge in [-0.3, -0.25) is 9.78 Å². The molecule has 2 aromatic carbocycles. The van der Waals surface area contributed by atoms with Gasteiger partial charge in [0.05, 0.1) is 12.3 Å². The van der Waals surface area contributed by atoms with Crippen LogP contribution in [0.2, 0.25) is 0 Å². The standard InChI is InChI=1S/C24H21N5O2/c1-16-13-20(27-23(31)18-6-4-17(15-30)5-7-18)8-9-21(16)28-24-26-12-10-22(29-24)19-3-2-11-25-14-19/h2-14,30H,15H2,1H3,(H,27,31)(H,26,28,29). The zero-order valence-electron chi connectivity index (χ0n) is 16.9. The summed E-state index contributed by atoms with van der Waals surface area (Å²) >= 11 is 0. The summed E-state index contributed by atoms with van der Waals surface area (Å²) in [6.07, 6.45) is 5.17. The monoisotopic (exact) mass is 411 g/mol. The van der Waals surface area contributed by atoms with Crippen LogP contribution in [0.4, 0.5) is 17.3 Å². The molecule has 0 saturated heterocycles. The Morgan fingerprint density at radius 1 is 1.03 bits per heavy atom. The smallest absolute Gasteiger partial charge is 0.255 e. The number of hydrogen-bond acceptors (Lipinski definition) is 6. The summed E-state index contributed by atoms with van der Waals surface area (Å²) in [6, 6.07) is 18.1. The number of hydrogen-bond donors (Lipinski definition) is 3. The lowest BCUT2D eigenvalue weighted by molar-refractivity contribution is 0.102. The third-order valence-corrected chi connectivity index (χ3v) is 4.74. The van der Waals surface area contributed by atoms with Gasteiger partial charge < -0.3 is 15.7 Å². The first-order valence-electron chi connectivity index (χ1n) is 9.74. The van der Waals surface area contributed by atoms with Gasteiger partial charge in [0.15, 0.2) is 0 Å². The van der Waals surface area contributed by atoms with E-state index in [-0.39, 0.29) is 12.5 Å². The van der Waals surface area contributed by atoms with Gasteiger partial charge in [0, 0.05) is 41.1 Å². The van der Waals surface area contributed by atoms with Gasteiger partial charge in [-0.25, -0.2) is 9.97 Å². The molecule has 0 atom stereocenters. The third-order valence-electron chi connectivity index (χ3n) is 4.74. The molecular weight excluding hydrogens is 390 g/mol. The fourth-order valence-corrected chi connectivity index (χ4v) is 3.06. The van der Waals surface area contributed by atoms with E-state index in [4.69, 9.17) is 5.11 Å². The number of pyridine rings is 1. The van der Waals surface area contributed by atoms with Gasteiger partial charge in [0.25, 0.3) is 5.91 Å². The topological polar surface area (TPSA) is 100 Å². The normalized spacial score (nSPS) is 10.5. The number of carbonyl (C=O) groups is 1. The summed E-state index contributed by atoms with van der Waals surface area (Å²) in [4.78, 5) is 25.4. The molecule has 0 fully saturated rings. The van der Waals surface area contributed by atoms with Crippen molar-refractivity contribution in [3.05, 3.63) is 95.9 Å². The molecule has 4 aromatic rings. The molecule has 7 heteroatoms. The molecule has 0 unspecified atom stereocenters. The summed E-state index contributed by atoms with van der Waals surface area (Å²) in [5, 5.41) is 15.2. The van der Waals surface area contributed by atoms with Crippen LogP contribution in [0.15, 0.2) is 79.3 Å². The summed E-state index contributed by atoms with van der Waals surface area (Å²) in [5.74, 6) is 0.266. The van der Waals surface area contributed by atoms with E-state index >= 15 is 0 Å². The highest BCUT2D eigenvalue weighted by molar-refractivity contribution is 6.04. The van der Waals surface area contributed by atoms with Crippen LogP contribution in [0.3, 0.4) is 0 Å². The number of nitrogens with zero attached hydrogens (tertiary/aromatic N) is 3. The molecule has 3 N–H and O–H groups in total. The van der Waals surface area contributed by atoms with Crippen molar-refractivity contribution in [2.45, 2.75) is 13.5 Å². The molecule has 0 aliphatic carbocycles. The van der Waals surface area contributed by atoms with Crippen LogP contribution in [0.5, 0.6) is 0 Å². The van der Waals surface area contributed by atoms with E-state index < -0.39 is 0 Å². The van der Waals surface area contributed by atoms with Gasteiger partial charge in [-0.1, -0.05) is 12.1 Å². The minimum atomic E-state index is -0.211. The molecule has 2 heterocycles. The number of carbonyl (C=O) groups excluding carboxylic acids is 1. The third kappa shape index (κ3) is 4.91. The highest BCUT2D eigenvalue weighted by Crippen LogP contribution is 2.24. The Kier molecular flexibility index (Phi) is 5.96. The number of nitrogens with one attached hydrogen (secondary N) is 2. The second-order valence-corrected chi connectivity index (χ2v) is 6.97. The molecule has 1 amide bonds. The number of aryl methyl sites for hydroxylation is 1. The van der Waals surface area contributed by atoms with Crippen molar-refractivity contribution in [2.75, 3.05) is 10.6 Å². The molecule has 0 radical (unpaired) electrons. The molecule has 0 bridgehead atoms. The summed E-state index contributed by atoms with van der Waals surface area (Å²) in [7, 11) is 0. The number of amides is 1. The number of anilines is 3. The fourth-order valence-electron chi connectivity index (χ4n) is 3.06. The summed E-state index contributed by atoms with van der Waals surface area (Å²) in [5.41, 5.74) is 5.44. The molecule has 0 aliphatic heterocycles. The Labute approximate surface area is 179 Å². The van der Waals surface area contributed by atoms with Gasteiger partial charge in [-0.2, -0.15) is 0 Å². The average Bonchev–Trinajstić information content (AvgIpc) is 2.81. The maximum atomic E-state index is 12.5. The number of rotatable bonds is 6. The molecule has 0 aliphatic rings. The van der Waals surface area contributed by atoms with Crippen molar-refractivity contribution in [3.63, 3.8) is 0 Å². The largest absolute Gasteiger partial charge is 0.392 e. The van der Waals surface area contributed by atoms with E-state index in [9.17, 15) is 4.79 Å². The van der Waals surface area contributed by atoms with Crippen LogP contribution < -0.4 is 10.6 Å². The Morgan fingerprint density at radius 2 is 1.87 bits per heavy atom. The Hall–Kier alpha value is -4.10.